The van der Waals surface area contributed by atoms with Gasteiger partial charge in [0, 0.05) is 19.5 Å². The molecule has 0 unspecified atom stereocenters. The van der Waals surface area contributed by atoms with Crippen LogP contribution in [0, 0.1) is 0 Å². The van der Waals surface area contributed by atoms with Crippen molar-refractivity contribution in [3.8, 4) is 0 Å². The first-order valence-corrected chi connectivity index (χ1v) is 8.03. The van der Waals surface area contributed by atoms with Crippen molar-refractivity contribution in [2.24, 2.45) is 0 Å². The zero-order valence-corrected chi connectivity index (χ0v) is 12.9. The van der Waals surface area contributed by atoms with Crippen molar-refractivity contribution in [1.29, 1.82) is 0 Å². The minimum atomic E-state index is -0.259. The lowest BCUT2D eigenvalue weighted by Gasteiger charge is -2.49. The third kappa shape index (κ3) is 3.67. The molecule has 2 saturated heterocycles. The molecule has 0 bridgehead atoms. The summed E-state index contributed by atoms with van der Waals surface area (Å²) in [6, 6.07) is 10.3. The molecule has 2 aliphatic heterocycles. The Labute approximate surface area is 131 Å². The molecule has 3 rings (SSSR count). The Kier molecular flexibility index (Phi) is 5.44. The Bertz CT molecular complexity index is 438. The summed E-state index contributed by atoms with van der Waals surface area (Å²) in [6.07, 6.45) is 1.66. The monoisotopic (exact) mass is 307 g/mol. The maximum absolute atomic E-state index is 9.84. The number of ether oxygens (including phenoxy) is 3. The van der Waals surface area contributed by atoms with Crippen molar-refractivity contribution < 1.29 is 19.3 Å². The van der Waals surface area contributed by atoms with Crippen LogP contribution in [0.15, 0.2) is 30.3 Å². The standard InChI is InChI=1S/C17H25NO4/c19-12-17(13-20-14-17)18(11-15-5-2-1-3-6-15)8-7-16-21-9-4-10-22-16/h1-3,5-6,16,19H,4,7-14H2. The summed E-state index contributed by atoms with van der Waals surface area (Å²) in [6.45, 7) is 4.47. The van der Waals surface area contributed by atoms with Gasteiger partial charge in [-0.2, -0.15) is 0 Å². The molecule has 0 radical (unpaired) electrons. The van der Waals surface area contributed by atoms with Gasteiger partial charge in [-0.05, 0) is 12.0 Å². The molecule has 122 valence electrons. The van der Waals surface area contributed by atoms with Crippen LogP contribution in [0.5, 0.6) is 0 Å². The van der Waals surface area contributed by atoms with E-state index >= 15 is 0 Å². The summed E-state index contributed by atoms with van der Waals surface area (Å²) >= 11 is 0. The van der Waals surface area contributed by atoms with E-state index in [1.165, 1.54) is 5.56 Å². The number of benzene rings is 1. The van der Waals surface area contributed by atoms with Crippen LogP contribution in [0.1, 0.15) is 18.4 Å². The molecule has 1 aromatic rings. The molecule has 2 heterocycles. The highest BCUT2D eigenvalue weighted by atomic mass is 16.7. The smallest absolute Gasteiger partial charge is 0.158 e. The van der Waals surface area contributed by atoms with Gasteiger partial charge in [-0.15, -0.1) is 0 Å². The first kappa shape index (κ1) is 15.9. The van der Waals surface area contributed by atoms with E-state index in [1.807, 2.05) is 18.2 Å². The maximum atomic E-state index is 9.84. The van der Waals surface area contributed by atoms with Crippen LogP contribution in [0.2, 0.25) is 0 Å². The summed E-state index contributed by atoms with van der Waals surface area (Å²) < 4.78 is 16.6. The zero-order chi connectivity index (χ0) is 15.3. The van der Waals surface area contributed by atoms with Gasteiger partial charge in [0.15, 0.2) is 6.29 Å². The van der Waals surface area contributed by atoms with Crippen molar-refractivity contribution in [3.05, 3.63) is 35.9 Å². The molecule has 2 fully saturated rings. The lowest BCUT2D eigenvalue weighted by Crippen LogP contribution is -2.64. The van der Waals surface area contributed by atoms with Crippen LogP contribution in [0.25, 0.3) is 0 Å². The fraction of sp³-hybridized carbons (Fsp3) is 0.647. The van der Waals surface area contributed by atoms with E-state index in [4.69, 9.17) is 14.2 Å². The fourth-order valence-electron chi connectivity index (χ4n) is 2.96. The molecule has 5 heteroatoms. The normalized spacial score (nSPS) is 21.7. The number of hydrogen-bond donors (Lipinski definition) is 1. The Hall–Kier alpha value is -0.980. The van der Waals surface area contributed by atoms with Gasteiger partial charge in [0.1, 0.15) is 0 Å². The SMILES string of the molecule is OCC1(N(CCC2OCCCO2)Cc2ccccc2)COC1. The van der Waals surface area contributed by atoms with Crippen molar-refractivity contribution in [1.82, 2.24) is 4.90 Å². The Morgan fingerprint density at radius 1 is 1.14 bits per heavy atom. The Balaban J connectivity index is 1.63. The van der Waals surface area contributed by atoms with Crippen molar-refractivity contribution in [2.75, 3.05) is 39.6 Å². The van der Waals surface area contributed by atoms with Gasteiger partial charge in [-0.3, -0.25) is 4.90 Å². The third-order valence-corrected chi connectivity index (χ3v) is 4.45. The number of rotatable bonds is 7. The molecule has 22 heavy (non-hydrogen) atoms. The fourth-order valence-corrected chi connectivity index (χ4v) is 2.96. The quantitative estimate of drug-likeness (QED) is 0.825. The minimum absolute atomic E-state index is 0.117. The molecule has 0 aliphatic carbocycles. The van der Waals surface area contributed by atoms with Gasteiger partial charge < -0.3 is 19.3 Å². The highest BCUT2D eigenvalue weighted by Gasteiger charge is 2.43. The number of hydrogen-bond acceptors (Lipinski definition) is 5. The molecule has 0 saturated carbocycles. The van der Waals surface area contributed by atoms with Gasteiger partial charge in [0.25, 0.3) is 0 Å². The lowest BCUT2D eigenvalue weighted by atomic mass is 9.94. The molecule has 5 nitrogen and oxygen atoms in total. The summed E-state index contributed by atoms with van der Waals surface area (Å²) in [5.41, 5.74) is 0.984. The first-order valence-electron chi connectivity index (χ1n) is 8.03. The van der Waals surface area contributed by atoms with Gasteiger partial charge in [0.05, 0.1) is 38.6 Å². The molecule has 2 aliphatic rings. The second-order valence-electron chi connectivity index (χ2n) is 6.10. The van der Waals surface area contributed by atoms with Crippen LogP contribution in [-0.4, -0.2) is 61.4 Å². The number of aliphatic hydroxyl groups is 1. The van der Waals surface area contributed by atoms with Gasteiger partial charge in [-0.25, -0.2) is 0 Å². The van der Waals surface area contributed by atoms with Crippen molar-refractivity contribution >= 4 is 0 Å². The van der Waals surface area contributed by atoms with Crippen LogP contribution < -0.4 is 0 Å². The van der Waals surface area contributed by atoms with Gasteiger partial charge in [-0.1, -0.05) is 30.3 Å². The van der Waals surface area contributed by atoms with E-state index in [1.54, 1.807) is 0 Å². The minimum Gasteiger partial charge on any atom is -0.394 e. The molecule has 0 amide bonds. The van der Waals surface area contributed by atoms with Crippen molar-refractivity contribution in [3.63, 3.8) is 0 Å². The van der Waals surface area contributed by atoms with E-state index in [0.29, 0.717) is 13.2 Å². The van der Waals surface area contributed by atoms with Gasteiger partial charge >= 0.3 is 0 Å². The zero-order valence-electron chi connectivity index (χ0n) is 12.9. The van der Waals surface area contributed by atoms with Crippen LogP contribution in [-0.2, 0) is 20.8 Å². The molecular formula is C17H25NO4. The van der Waals surface area contributed by atoms with E-state index in [0.717, 1.165) is 39.1 Å². The second kappa shape index (κ2) is 7.53. The average molecular weight is 307 g/mol. The number of nitrogens with zero attached hydrogens (tertiary/aromatic N) is 1. The topological polar surface area (TPSA) is 51.2 Å². The predicted molar refractivity (Wildman–Crippen MR) is 82.4 cm³/mol. The molecule has 0 atom stereocenters. The van der Waals surface area contributed by atoms with Crippen LogP contribution >= 0.6 is 0 Å². The highest BCUT2D eigenvalue weighted by molar-refractivity contribution is 5.15. The maximum Gasteiger partial charge on any atom is 0.158 e. The largest absolute Gasteiger partial charge is 0.394 e. The van der Waals surface area contributed by atoms with Gasteiger partial charge in [0.2, 0.25) is 0 Å². The summed E-state index contributed by atoms with van der Waals surface area (Å²) in [5.74, 6) is 0. The predicted octanol–water partition coefficient (Wildman–Crippen LogP) is 1.40. The first-order chi connectivity index (χ1) is 10.8. The Morgan fingerprint density at radius 3 is 2.45 bits per heavy atom. The van der Waals surface area contributed by atoms with Crippen molar-refractivity contribution in [2.45, 2.75) is 31.2 Å². The summed E-state index contributed by atoms with van der Waals surface area (Å²) in [7, 11) is 0. The van der Waals surface area contributed by atoms with E-state index < -0.39 is 0 Å². The molecule has 1 aromatic carbocycles. The van der Waals surface area contributed by atoms with Crippen LogP contribution in [0.3, 0.4) is 0 Å². The lowest BCUT2D eigenvalue weighted by molar-refractivity contribution is -0.197. The summed E-state index contributed by atoms with van der Waals surface area (Å²) in [4.78, 5) is 2.31. The van der Waals surface area contributed by atoms with E-state index in [-0.39, 0.29) is 18.4 Å². The Morgan fingerprint density at radius 2 is 1.86 bits per heavy atom. The highest BCUT2D eigenvalue weighted by Crippen LogP contribution is 2.27. The molecule has 0 aromatic heterocycles. The second-order valence-corrected chi connectivity index (χ2v) is 6.10. The molecule has 1 N–H and O–H groups in total. The van der Waals surface area contributed by atoms with E-state index in [9.17, 15) is 5.11 Å². The third-order valence-electron chi connectivity index (χ3n) is 4.45. The molecule has 0 spiro atoms. The van der Waals surface area contributed by atoms with Crippen LogP contribution in [0.4, 0.5) is 0 Å². The number of aliphatic hydroxyl groups excluding tert-OH is 1. The summed E-state index contributed by atoms with van der Waals surface area (Å²) in [5, 5.41) is 9.84. The average Bonchev–Trinajstić information content (AvgIpc) is 2.54. The molecular weight excluding hydrogens is 282 g/mol. The van der Waals surface area contributed by atoms with E-state index in [2.05, 4.69) is 17.0 Å².